The molecule has 0 amide bonds. The Bertz CT molecular complexity index is 657. The van der Waals surface area contributed by atoms with E-state index in [1.165, 1.54) is 23.7 Å². The zero-order valence-electron chi connectivity index (χ0n) is 11.6. The van der Waals surface area contributed by atoms with Crippen LogP contribution in [0.3, 0.4) is 0 Å². The van der Waals surface area contributed by atoms with Gasteiger partial charge in [-0.1, -0.05) is 24.3 Å². The Labute approximate surface area is 123 Å². The number of hydrogen-bond acceptors (Lipinski definition) is 4. The van der Waals surface area contributed by atoms with Crippen molar-refractivity contribution in [3.63, 3.8) is 0 Å². The van der Waals surface area contributed by atoms with E-state index in [-0.39, 0.29) is 11.6 Å². The number of nitrogens with one attached hydrogen (secondary N) is 1. The Balaban J connectivity index is 1.76. The van der Waals surface area contributed by atoms with Crippen LogP contribution >= 0.6 is 0 Å². The lowest BCUT2D eigenvalue weighted by Gasteiger charge is -2.26. The molecule has 1 aromatic carbocycles. The van der Waals surface area contributed by atoms with Gasteiger partial charge in [-0.05, 0) is 30.4 Å². The van der Waals surface area contributed by atoms with Crippen LogP contribution < -0.4 is 5.32 Å². The highest BCUT2D eigenvalue weighted by atomic mass is 16.4. The predicted octanol–water partition coefficient (Wildman–Crippen LogP) is 2.34. The van der Waals surface area contributed by atoms with Crippen molar-refractivity contribution >= 4 is 5.97 Å². The van der Waals surface area contributed by atoms with Gasteiger partial charge < -0.3 is 10.4 Å². The molecule has 1 heterocycles. The van der Waals surface area contributed by atoms with Crippen molar-refractivity contribution < 1.29 is 9.90 Å². The number of aryl methyl sites for hydroxylation is 1. The van der Waals surface area contributed by atoms with Gasteiger partial charge in [0.05, 0.1) is 5.69 Å². The molecule has 1 unspecified atom stereocenters. The van der Waals surface area contributed by atoms with E-state index in [2.05, 4.69) is 33.5 Å². The van der Waals surface area contributed by atoms with Crippen LogP contribution in [0.2, 0.25) is 0 Å². The molecular weight excluding hydrogens is 266 g/mol. The van der Waals surface area contributed by atoms with Crippen molar-refractivity contribution in [2.75, 3.05) is 0 Å². The van der Waals surface area contributed by atoms with E-state index in [0.29, 0.717) is 12.2 Å². The van der Waals surface area contributed by atoms with Gasteiger partial charge in [-0.15, -0.1) is 0 Å². The Morgan fingerprint density at radius 1 is 1.38 bits per heavy atom. The summed E-state index contributed by atoms with van der Waals surface area (Å²) in [5.74, 6) is -0.989. The number of carboxylic acids is 1. The van der Waals surface area contributed by atoms with Crippen molar-refractivity contribution in [1.82, 2.24) is 15.3 Å². The standard InChI is InChI=1S/C16H17N3O2/c20-16(21)13-8-17-10-19-15(13)9-18-14-7-3-5-11-4-1-2-6-12(11)14/h1-2,4,6,8,10,14,18H,3,5,7,9H2,(H,20,21). The number of hydrogen-bond donors (Lipinski definition) is 2. The number of aromatic nitrogens is 2. The number of fused-ring (bicyclic) bond motifs is 1. The van der Waals surface area contributed by atoms with Gasteiger partial charge in [-0.3, -0.25) is 0 Å². The summed E-state index contributed by atoms with van der Waals surface area (Å²) >= 11 is 0. The van der Waals surface area contributed by atoms with E-state index in [1.807, 2.05) is 6.07 Å². The minimum atomic E-state index is -0.989. The molecule has 1 atom stereocenters. The molecule has 2 N–H and O–H groups in total. The minimum Gasteiger partial charge on any atom is -0.478 e. The Morgan fingerprint density at radius 3 is 3.10 bits per heavy atom. The second kappa shape index (κ2) is 6.01. The third-order valence-corrected chi connectivity index (χ3v) is 3.91. The maximum absolute atomic E-state index is 11.2. The number of aromatic carboxylic acids is 1. The van der Waals surface area contributed by atoms with E-state index < -0.39 is 5.97 Å². The first-order valence-corrected chi connectivity index (χ1v) is 7.09. The molecule has 3 rings (SSSR count). The molecule has 0 saturated carbocycles. The van der Waals surface area contributed by atoms with E-state index in [4.69, 9.17) is 5.11 Å². The summed E-state index contributed by atoms with van der Waals surface area (Å²) in [6.45, 7) is 0.434. The summed E-state index contributed by atoms with van der Waals surface area (Å²) in [7, 11) is 0. The van der Waals surface area contributed by atoms with Crippen molar-refractivity contribution in [1.29, 1.82) is 0 Å². The molecule has 1 aromatic heterocycles. The van der Waals surface area contributed by atoms with Crippen LogP contribution in [0, 0.1) is 0 Å². The van der Waals surface area contributed by atoms with E-state index >= 15 is 0 Å². The van der Waals surface area contributed by atoms with Gasteiger partial charge in [0.1, 0.15) is 11.9 Å². The fourth-order valence-electron chi connectivity index (χ4n) is 2.86. The maximum Gasteiger partial charge on any atom is 0.339 e. The number of rotatable bonds is 4. The first-order valence-electron chi connectivity index (χ1n) is 7.09. The van der Waals surface area contributed by atoms with Crippen molar-refractivity contribution in [3.05, 3.63) is 59.2 Å². The lowest BCUT2D eigenvalue weighted by molar-refractivity contribution is 0.0694. The molecule has 0 aliphatic heterocycles. The first kappa shape index (κ1) is 13.7. The summed E-state index contributed by atoms with van der Waals surface area (Å²) in [6, 6.07) is 8.67. The van der Waals surface area contributed by atoms with Crippen LogP contribution in [0.15, 0.2) is 36.8 Å². The van der Waals surface area contributed by atoms with Crippen molar-refractivity contribution in [2.24, 2.45) is 0 Å². The lowest BCUT2D eigenvalue weighted by Crippen LogP contribution is -2.26. The molecular formula is C16H17N3O2. The highest BCUT2D eigenvalue weighted by molar-refractivity contribution is 5.88. The molecule has 5 nitrogen and oxygen atoms in total. The molecule has 0 radical (unpaired) electrons. The highest BCUT2D eigenvalue weighted by Gasteiger charge is 2.20. The summed E-state index contributed by atoms with van der Waals surface area (Å²) in [5.41, 5.74) is 3.38. The van der Waals surface area contributed by atoms with E-state index in [0.717, 1.165) is 19.3 Å². The van der Waals surface area contributed by atoms with Gasteiger partial charge in [0, 0.05) is 18.8 Å². The predicted molar refractivity (Wildman–Crippen MR) is 78.0 cm³/mol. The van der Waals surface area contributed by atoms with Gasteiger partial charge in [-0.2, -0.15) is 0 Å². The normalized spacial score (nSPS) is 17.2. The van der Waals surface area contributed by atoms with Gasteiger partial charge in [-0.25, -0.2) is 14.8 Å². The minimum absolute atomic E-state index is 0.161. The Morgan fingerprint density at radius 2 is 2.24 bits per heavy atom. The fourth-order valence-corrected chi connectivity index (χ4v) is 2.86. The average molecular weight is 283 g/mol. The summed E-state index contributed by atoms with van der Waals surface area (Å²) in [6.07, 6.45) is 6.05. The van der Waals surface area contributed by atoms with Crippen LogP contribution in [0.25, 0.3) is 0 Å². The zero-order chi connectivity index (χ0) is 14.7. The molecule has 21 heavy (non-hydrogen) atoms. The molecule has 1 aliphatic carbocycles. The molecule has 5 heteroatoms. The quantitative estimate of drug-likeness (QED) is 0.900. The first-order chi connectivity index (χ1) is 10.3. The molecule has 0 saturated heterocycles. The third kappa shape index (κ3) is 2.92. The zero-order valence-corrected chi connectivity index (χ0v) is 11.6. The summed E-state index contributed by atoms with van der Waals surface area (Å²) in [4.78, 5) is 19.0. The molecule has 0 bridgehead atoms. The smallest absolute Gasteiger partial charge is 0.339 e. The third-order valence-electron chi connectivity index (χ3n) is 3.91. The lowest BCUT2D eigenvalue weighted by atomic mass is 9.88. The summed E-state index contributed by atoms with van der Waals surface area (Å²) < 4.78 is 0. The largest absolute Gasteiger partial charge is 0.478 e. The maximum atomic E-state index is 11.2. The number of carboxylic acid groups (broad SMARTS) is 1. The molecule has 1 aliphatic rings. The Kier molecular flexibility index (Phi) is 3.92. The fraction of sp³-hybridized carbons (Fsp3) is 0.312. The second-order valence-corrected chi connectivity index (χ2v) is 5.21. The van der Waals surface area contributed by atoms with Gasteiger partial charge >= 0.3 is 5.97 Å². The van der Waals surface area contributed by atoms with Crippen molar-refractivity contribution in [2.45, 2.75) is 31.8 Å². The van der Waals surface area contributed by atoms with Crippen molar-refractivity contribution in [3.8, 4) is 0 Å². The van der Waals surface area contributed by atoms with Crippen LogP contribution in [-0.4, -0.2) is 21.0 Å². The second-order valence-electron chi connectivity index (χ2n) is 5.21. The van der Waals surface area contributed by atoms with Gasteiger partial charge in [0.15, 0.2) is 0 Å². The number of carbonyl (C=O) groups is 1. The SMILES string of the molecule is O=C(O)c1cncnc1CNC1CCCc2ccccc21. The molecule has 2 aromatic rings. The average Bonchev–Trinajstić information content (AvgIpc) is 2.53. The monoisotopic (exact) mass is 283 g/mol. The van der Waals surface area contributed by atoms with E-state index in [1.54, 1.807) is 0 Å². The van der Waals surface area contributed by atoms with Crippen LogP contribution in [-0.2, 0) is 13.0 Å². The van der Waals surface area contributed by atoms with Crippen LogP contribution in [0.1, 0.15) is 46.1 Å². The topological polar surface area (TPSA) is 75.1 Å². The molecule has 0 fully saturated rings. The van der Waals surface area contributed by atoms with E-state index in [9.17, 15) is 4.79 Å². The van der Waals surface area contributed by atoms with Gasteiger partial charge in [0.2, 0.25) is 0 Å². The number of nitrogens with zero attached hydrogens (tertiary/aromatic N) is 2. The van der Waals surface area contributed by atoms with Gasteiger partial charge in [0.25, 0.3) is 0 Å². The Hall–Kier alpha value is -2.27. The summed E-state index contributed by atoms with van der Waals surface area (Å²) in [5, 5.41) is 12.6. The highest BCUT2D eigenvalue weighted by Crippen LogP contribution is 2.29. The van der Waals surface area contributed by atoms with Crippen LogP contribution in [0.5, 0.6) is 0 Å². The number of benzene rings is 1. The molecule has 108 valence electrons. The van der Waals surface area contributed by atoms with Crippen LogP contribution in [0.4, 0.5) is 0 Å². The molecule has 0 spiro atoms.